The molecule has 0 aromatic rings. The summed E-state index contributed by atoms with van der Waals surface area (Å²) in [4.78, 5) is 2.72. The molecule has 1 atom stereocenters. The van der Waals surface area contributed by atoms with E-state index in [2.05, 4.69) is 18.7 Å². The summed E-state index contributed by atoms with van der Waals surface area (Å²) in [6.45, 7) is 8.10. The van der Waals surface area contributed by atoms with Crippen LogP contribution in [0.15, 0.2) is 0 Å². The Morgan fingerprint density at radius 2 is 1.53 bits per heavy atom. The van der Waals surface area contributed by atoms with E-state index in [0.29, 0.717) is 6.04 Å². The monoisotopic (exact) mass is 266 g/mol. The molecule has 1 saturated carbocycles. The maximum Gasteiger partial charge on any atom is 0.0246 e. The van der Waals surface area contributed by atoms with Crippen molar-refractivity contribution in [2.75, 3.05) is 19.6 Å². The summed E-state index contributed by atoms with van der Waals surface area (Å²) in [5, 5.41) is 0. The standard InChI is InChI=1S/C17H34N2/c1-3-15(4-2)16(14-18)19-12-10-17(11-13-19)8-6-5-7-9-17/h15-16H,3-14,18H2,1-2H3. The molecule has 2 heteroatoms. The van der Waals surface area contributed by atoms with Crippen LogP contribution in [0, 0.1) is 11.3 Å². The molecule has 0 amide bonds. The second-order valence-corrected chi connectivity index (χ2v) is 6.98. The van der Waals surface area contributed by atoms with Gasteiger partial charge in [0.15, 0.2) is 0 Å². The minimum atomic E-state index is 0.635. The molecule has 19 heavy (non-hydrogen) atoms. The van der Waals surface area contributed by atoms with E-state index < -0.39 is 0 Å². The molecule has 0 aromatic carbocycles. The zero-order valence-electron chi connectivity index (χ0n) is 13.2. The van der Waals surface area contributed by atoms with E-state index in [1.165, 1.54) is 70.9 Å². The molecule has 1 aliphatic carbocycles. The van der Waals surface area contributed by atoms with Crippen LogP contribution in [0.4, 0.5) is 0 Å². The van der Waals surface area contributed by atoms with Gasteiger partial charge < -0.3 is 5.73 Å². The van der Waals surface area contributed by atoms with Crippen LogP contribution >= 0.6 is 0 Å². The predicted molar refractivity (Wildman–Crippen MR) is 83.2 cm³/mol. The van der Waals surface area contributed by atoms with Crippen LogP contribution in [0.5, 0.6) is 0 Å². The number of nitrogens with two attached hydrogens (primary N) is 1. The van der Waals surface area contributed by atoms with Gasteiger partial charge in [-0.15, -0.1) is 0 Å². The fourth-order valence-electron chi connectivity index (χ4n) is 4.60. The van der Waals surface area contributed by atoms with E-state index in [4.69, 9.17) is 5.73 Å². The molecule has 2 rings (SSSR count). The minimum Gasteiger partial charge on any atom is -0.329 e. The van der Waals surface area contributed by atoms with Gasteiger partial charge in [0.1, 0.15) is 0 Å². The SMILES string of the molecule is CCC(CC)C(CN)N1CCC2(CCCCC2)CC1. The number of piperidine rings is 1. The first-order valence-electron chi connectivity index (χ1n) is 8.69. The van der Waals surface area contributed by atoms with Gasteiger partial charge in [-0.2, -0.15) is 0 Å². The molecular formula is C17H34N2. The number of rotatable bonds is 5. The lowest BCUT2D eigenvalue weighted by Gasteiger charge is -2.47. The Morgan fingerprint density at radius 3 is 2.00 bits per heavy atom. The second-order valence-electron chi connectivity index (χ2n) is 6.98. The first-order chi connectivity index (χ1) is 9.24. The van der Waals surface area contributed by atoms with Gasteiger partial charge in [-0.3, -0.25) is 4.90 Å². The molecule has 1 spiro atoms. The van der Waals surface area contributed by atoms with Crippen molar-refractivity contribution in [2.45, 2.75) is 77.7 Å². The third-order valence-corrected chi connectivity index (χ3v) is 6.08. The Bertz CT molecular complexity index is 244. The normalized spacial score (nSPS) is 25.9. The first-order valence-corrected chi connectivity index (χ1v) is 8.69. The van der Waals surface area contributed by atoms with Gasteiger partial charge in [0.2, 0.25) is 0 Å². The summed E-state index contributed by atoms with van der Waals surface area (Å²) < 4.78 is 0. The highest BCUT2D eigenvalue weighted by Crippen LogP contribution is 2.45. The number of hydrogen-bond acceptors (Lipinski definition) is 2. The summed E-state index contributed by atoms with van der Waals surface area (Å²) in [5.41, 5.74) is 6.81. The predicted octanol–water partition coefficient (Wildman–Crippen LogP) is 3.80. The van der Waals surface area contributed by atoms with E-state index in [1.807, 2.05) is 0 Å². The average Bonchev–Trinajstić information content (AvgIpc) is 2.47. The Labute approximate surface area is 120 Å². The van der Waals surface area contributed by atoms with Gasteiger partial charge in [-0.25, -0.2) is 0 Å². The van der Waals surface area contributed by atoms with Crippen molar-refractivity contribution in [1.82, 2.24) is 4.90 Å². The lowest BCUT2D eigenvalue weighted by Crippen LogP contribution is -2.51. The van der Waals surface area contributed by atoms with Crippen molar-refractivity contribution < 1.29 is 0 Å². The van der Waals surface area contributed by atoms with Gasteiger partial charge in [0, 0.05) is 12.6 Å². The Kier molecular flexibility index (Phi) is 5.70. The van der Waals surface area contributed by atoms with Crippen LogP contribution in [-0.2, 0) is 0 Å². The molecule has 0 radical (unpaired) electrons. The maximum absolute atomic E-state index is 6.08. The molecule has 2 nitrogen and oxygen atoms in total. The van der Waals surface area contributed by atoms with Crippen LogP contribution in [-0.4, -0.2) is 30.6 Å². The lowest BCUT2D eigenvalue weighted by molar-refractivity contribution is 0.0296. The molecule has 0 aromatic heterocycles. The number of hydrogen-bond donors (Lipinski definition) is 1. The number of nitrogens with zero attached hydrogens (tertiary/aromatic N) is 1. The van der Waals surface area contributed by atoms with Crippen molar-refractivity contribution in [3.8, 4) is 0 Å². The van der Waals surface area contributed by atoms with Crippen LogP contribution in [0.1, 0.15) is 71.6 Å². The van der Waals surface area contributed by atoms with Gasteiger partial charge in [-0.1, -0.05) is 46.0 Å². The van der Waals surface area contributed by atoms with Gasteiger partial charge in [0.25, 0.3) is 0 Å². The molecule has 1 unspecified atom stereocenters. The molecule has 2 aliphatic rings. The highest BCUT2D eigenvalue weighted by molar-refractivity contribution is 4.91. The summed E-state index contributed by atoms with van der Waals surface area (Å²) in [6, 6.07) is 0.635. The van der Waals surface area contributed by atoms with E-state index in [1.54, 1.807) is 0 Å². The van der Waals surface area contributed by atoms with Crippen molar-refractivity contribution in [3.63, 3.8) is 0 Å². The van der Waals surface area contributed by atoms with Crippen LogP contribution in [0.25, 0.3) is 0 Å². The average molecular weight is 266 g/mol. The minimum absolute atomic E-state index is 0.635. The highest BCUT2D eigenvalue weighted by atomic mass is 15.2. The van der Waals surface area contributed by atoms with Gasteiger partial charge >= 0.3 is 0 Å². The third-order valence-electron chi connectivity index (χ3n) is 6.08. The molecule has 1 aliphatic heterocycles. The van der Waals surface area contributed by atoms with Crippen LogP contribution in [0.3, 0.4) is 0 Å². The van der Waals surface area contributed by atoms with Crippen molar-refractivity contribution in [3.05, 3.63) is 0 Å². The lowest BCUT2D eigenvalue weighted by atomic mass is 9.68. The zero-order valence-corrected chi connectivity index (χ0v) is 13.2. The van der Waals surface area contributed by atoms with Crippen LogP contribution < -0.4 is 5.73 Å². The summed E-state index contributed by atoms with van der Waals surface area (Å²) in [5.74, 6) is 0.797. The second kappa shape index (κ2) is 7.08. The molecule has 1 heterocycles. The largest absolute Gasteiger partial charge is 0.329 e. The fourth-order valence-corrected chi connectivity index (χ4v) is 4.60. The van der Waals surface area contributed by atoms with Gasteiger partial charge in [-0.05, 0) is 50.1 Å². The van der Waals surface area contributed by atoms with Crippen molar-refractivity contribution >= 4 is 0 Å². The molecule has 2 N–H and O–H groups in total. The molecule has 112 valence electrons. The van der Waals surface area contributed by atoms with Crippen LogP contribution in [0.2, 0.25) is 0 Å². The van der Waals surface area contributed by atoms with Crippen molar-refractivity contribution in [2.24, 2.45) is 17.1 Å². The van der Waals surface area contributed by atoms with E-state index in [-0.39, 0.29) is 0 Å². The summed E-state index contributed by atoms with van der Waals surface area (Å²) in [7, 11) is 0. The summed E-state index contributed by atoms with van der Waals surface area (Å²) >= 11 is 0. The fraction of sp³-hybridized carbons (Fsp3) is 1.00. The maximum atomic E-state index is 6.08. The first kappa shape index (κ1) is 15.3. The topological polar surface area (TPSA) is 29.3 Å². The smallest absolute Gasteiger partial charge is 0.0246 e. The Morgan fingerprint density at radius 1 is 0.947 bits per heavy atom. The van der Waals surface area contributed by atoms with E-state index >= 15 is 0 Å². The molecule has 1 saturated heterocycles. The van der Waals surface area contributed by atoms with Gasteiger partial charge in [0.05, 0.1) is 0 Å². The molecular weight excluding hydrogens is 232 g/mol. The molecule has 0 bridgehead atoms. The van der Waals surface area contributed by atoms with E-state index in [0.717, 1.165) is 17.9 Å². The summed E-state index contributed by atoms with van der Waals surface area (Å²) in [6.07, 6.45) is 12.9. The number of likely N-dealkylation sites (tertiary alicyclic amines) is 1. The zero-order chi connectivity index (χ0) is 13.7. The quantitative estimate of drug-likeness (QED) is 0.820. The Balaban J connectivity index is 1.90. The highest BCUT2D eigenvalue weighted by Gasteiger charge is 2.37. The van der Waals surface area contributed by atoms with E-state index in [9.17, 15) is 0 Å². The third kappa shape index (κ3) is 3.52. The Hall–Kier alpha value is -0.0800. The van der Waals surface area contributed by atoms with Crippen molar-refractivity contribution in [1.29, 1.82) is 0 Å². The molecule has 2 fully saturated rings.